The van der Waals surface area contributed by atoms with Crippen molar-refractivity contribution in [3.63, 3.8) is 0 Å². The second-order valence-electron chi connectivity index (χ2n) is 18.3. The molecule has 1 saturated carbocycles. The molecule has 3 aromatic carbocycles. The smallest absolute Gasteiger partial charge is 0.374 e. The Hall–Kier alpha value is -6.78. The van der Waals surface area contributed by atoms with Gasteiger partial charge in [-0.25, -0.2) is 28.4 Å². The van der Waals surface area contributed by atoms with Crippen LogP contribution in [0.1, 0.15) is 103 Å². The number of ketones is 2. The van der Waals surface area contributed by atoms with Crippen LogP contribution in [0.4, 0.5) is 4.39 Å². The normalized spacial score (nSPS) is 14.3. The first-order valence-electron chi connectivity index (χ1n) is 24.0. The van der Waals surface area contributed by atoms with Crippen molar-refractivity contribution in [1.82, 2.24) is 0 Å². The molecule has 0 aliphatic heterocycles. The first kappa shape index (κ1) is 57.8. The van der Waals surface area contributed by atoms with Gasteiger partial charge in [-0.1, -0.05) is 76.6 Å². The molecule has 1 aliphatic carbocycles. The van der Waals surface area contributed by atoms with Gasteiger partial charge in [-0.15, -0.1) is 0 Å². The lowest BCUT2D eigenvalue weighted by Crippen LogP contribution is -2.45. The number of rotatable bonds is 29. The minimum atomic E-state index is -1.71. The van der Waals surface area contributed by atoms with Crippen LogP contribution in [0.3, 0.4) is 0 Å². The van der Waals surface area contributed by atoms with Gasteiger partial charge in [-0.3, -0.25) is 9.59 Å². The van der Waals surface area contributed by atoms with Crippen molar-refractivity contribution < 1.29 is 75.8 Å². The molecule has 4 rings (SSSR count). The van der Waals surface area contributed by atoms with Gasteiger partial charge in [0, 0.05) is 60.5 Å². The topological polar surface area (TPSA) is 193 Å². The SMILES string of the molecule is C=C(C)C(=O)OCC(COC(=O)C(=O)CCOC)(COC(=O)C(=O)CCOC)COc1ccc(-c2cc(OC(=O)C(=C)C)c(-c3ccc(C4CCC(CCCCC)CC4)cc3F)cc2OC(=O)C(=C)C)cc1. The largest absolute Gasteiger partial charge is 0.493 e. The van der Waals surface area contributed by atoms with Gasteiger partial charge >= 0.3 is 29.8 Å². The summed E-state index contributed by atoms with van der Waals surface area (Å²) >= 11 is 0. The molecule has 0 aromatic heterocycles. The number of ether oxygens (including phenoxy) is 8. The highest BCUT2D eigenvalue weighted by molar-refractivity contribution is 6.34. The standard InChI is InChI=1S/C56H67FO15/c1-10-11-12-13-38-14-16-39(17-15-38)41-20-23-43(46(57)28-41)45-30-49(71-52(61)36(4)5)44(29-50(45)72-53(62)37(6)7)40-18-21-42(22-19-40)67-31-56(32-68-51(60)35(2)3,33-69-54(63)47(58)24-26-65-8)34-70-55(64)48(59)25-27-66-9/h18-23,28-30,38-39H,2,4,6,10-17,24-27,31-34H2,1,3,5,7-9H3. The number of carbonyl (C=O) groups excluding carboxylic acids is 7. The Morgan fingerprint density at radius 2 is 1.10 bits per heavy atom. The van der Waals surface area contributed by atoms with Gasteiger partial charge in [0.1, 0.15) is 54.9 Å². The van der Waals surface area contributed by atoms with Crippen LogP contribution in [0.25, 0.3) is 22.3 Å². The summed E-state index contributed by atoms with van der Waals surface area (Å²) in [6.07, 6.45) is 8.35. The molecule has 15 nitrogen and oxygen atoms in total. The van der Waals surface area contributed by atoms with Crippen LogP contribution < -0.4 is 14.2 Å². The molecule has 3 aromatic rings. The quantitative estimate of drug-likeness (QED) is 0.0159. The number of hydrogen-bond donors (Lipinski definition) is 0. The fraction of sp³-hybridized carbons (Fsp3) is 0.446. The van der Waals surface area contributed by atoms with E-state index in [1.807, 2.05) is 6.07 Å². The molecule has 0 unspecified atom stereocenters. The second kappa shape index (κ2) is 28.3. The van der Waals surface area contributed by atoms with Gasteiger partial charge in [-0.05, 0) is 99.7 Å². The Balaban J connectivity index is 1.73. The first-order chi connectivity index (χ1) is 34.3. The van der Waals surface area contributed by atoms with Crippen LogP contribution in [0.5, 0.6) is 17.2 Å². The van der Waals surface area contributed by atoms with Gasteiger partial charge in [0.05, 0.1) is 13.2 Å². The summed E-state index contributed by atoms with van der Waals surface area (Å²) in [6.45, 7) is 14.9. The third-order valence-electron chi connectivity index (χ3n) is 12.1. The van der Waals surface area contributed by atoms with Crippen molar-refractivity contribution in [3.8, 4) is 39.5 Å². The molecule has 72 heavy (non-hydrogen) atoms. The molecular weight excluding hydrogens is 932 g/mol. The molecule has 0 saturated heterocycles. The van der Waals surface area contributed by atoms with E-state index in [2.05, 4.69) is 26.7 Å². The molecule has 0 bridgehead atoms. The number of esters is 5. The summed E-state index contributed by atoms with van der Waals surface area (Å²) in [5, 5.41) is 0. The second-order valence-corrected chi connectivity index (χ2v) is 18.3. The minimum Gasteiger partial charge on any atom is -0.493 e. The Morgan fingerprint density at radius 3 is 1.58 bits per heavy atom. The van der Waals surface area contributed by atoms with Gasteiger partial charge in [-0.2, -0.15) is 0 Å². The monoisotopic (exact) mass is 998 g/mol. The van der Waals surface area contributed by atoms with E-state index in [0.717, 1.165) is 31.2 Å². The van der Waals surface area contributed by atoms with Crippen LogP contribution >= 0.6 is 0 Å². The summed E-state index contributed by atoms with van der Waals surface area (Å²) in [6, 6.07) is 14.1. The van der Waals surface area contributed by atoms with E-state index in [-0.39, 0.29) is 82.6 Å². The molecule has 0 atom stereocenters. The average Bonchev–Trinajstić information content (AvgIpc) is 3.36. The number of carbonyl (C=O) groups is 7. The zero-order valence-corrected chi connectivity index (χ0v) is 42.3. The van der Waals surface area contributed by atoms with Crippen LogP contribution in [-0.4, -0.2) is 95.3 Å². The van der Waals surface area contributed by atoms with Crippen LogP contribution in [-0.2, 0) is 57.2 Å². The average molecular weight is 999 g/mol. The van der Waals surface area contributed by atoms with E-state index in [1.54, 1.807) is 18.2 Å². The fourth-order valence-corrected chi connectivity index (χ4v) is 7.76. The molecule has 16 heteroatoms. The lowest BCUT2D eigenvalue weighted by Gasteiger charge is -2.31. The number of Topliss-reactive ketones (excluding diaryl/α,β-unsaturated/α-hetero) is 2. The molecular formula is C56H67FO15. The molecule has 1 fully saturated rings. The van der Waals surface area contributed by atoms with Gasteiger partial charge in [0.25, 0.3) is 0 Å². The molecule has 0 amide bonds. The summed E-state index contributed by atoms with van der Waals surface area (Å²) in [7, 11) is 2.69. The van der Waals surface area contributed by atoms with E-state index < -0.39 is 79.1 Å². The Kier molecular flexibility index (Phi) is 22.7. The third kappa shape index (κ3) is 17.2. The van der Waals surface area contributed by atoms with E-state index in [1.165, 1.54) is 91.0 Å². The number of unbranched alkanes of at least 4 members (excludes halogenated alkanes) is 2. The third-order valence-corrected chi connectivity index (χ3v) is 12.1. The zero-order valence-electron chi connectivity index (χ0n) is 42.3. The highest BCUT2D eigenvalue weighted by Gasteiger charge is 2.39. The number of hydrogen-bond acceptors (Lipinski definition) is 15. The molecule has 1 aliphatic rings. The van der Waals surface area contributed by atoms with Gasteiger partial charge < -0.3 is 37.9 Å². The maximum absolute atomic E-state index is 16.4. The number of halogens is 1. The predicted molar refractivity (Wildman–Crippen MR) is 266 cm³/mol. The molecule has 0 heterocycles. The van der Waals surface area contributed by atoms with Crippen molar-refractivity contribution in [1.29, 1.82) is 0 Å². The highest BCUT2D eigenvalue weighted by Crippen LogP contribution is 2.44. The zero-order chi connectivity index (χ0) is 53.0. The van der Waals surface area contributed by atoms with Crippen molar-refractivity contribution >= 4 is 41.4 Å². The molecule has 388 valence electrons. The van der Waals surface area contributed by atoms with E-state index >= 15 is 4.39 Å². The molecule has 0 radical (unpaired) electrons. The highest BCUT2D eigenvalue weighted by atomic mass is 19.1. The van der Waals surface area contributed by atoms with Crippen LogP contribution in [0.15, 0.2) is 91.1 Å². The van der Waals surface area contributed by atoms with Crippen molar-refractivity contribution in [3.05, 3.63) is 102 Å². The number of benzene rings is 3. The fourth-order valence-electron chi connectivity index (χ4n) is 7.76. The maximum atomic E-state index is 16.4. The lowest BCUT2D eigenvalue weighted by molar-refractivity contribution is -0.169. The molecule has 0 N–H and O–H groups in total. The van der Waals surface area contributed by atoms with Gasteiger partial charge in [0.2, 0.25) is 11.6 Å². The van der Waals surface area contributed by atoms with Gasteiger partial charge in [0.15, 0.2) is 0 Å². The van der Waals surface area contributed by atoms with Crippen molar-refractivity contribution in [2.75, 3.05) is 53.9 Å². The Bertz CT molecular complexity index is 2430. The first-order valence-corrected chi connectivity index (χ1v) is 24.0. The van der Waals surface area contributed by atoms with Crippen molar-refractivity contribution in [2.45, 2.75) is 97.8 Å². The maximum Gasteiger partial charge on any atom is 0.374 e. The minimum absolute atomic E-state index is 0.0152. The molecule has 0 spiro atoms. The summed E-state index contributed by atoms with van der Waals surface area (Å²) in [5.41, 5.74) is 0.223. The van der Waals surface area contributed by atoms with E-state index in [0.29, 0.717) is 11.5 Å². The summed E-state index contributed by atoms with van der Waals surface area (Å²) < 4.78 is 60.2. The van der Waals surface area contributed by atoms with E-state index in [4.69, 9.17) is 37.9 Å². The Labute approximate surface area is 421 Å². The van der Waals surface area contributed by atoms with Crippen molar-refractivity contribution in [2.24, 2.45) is 11.3 Å². The summed E-state index contributed by atoms with van der Waals surface area (Å²) in [4.78, 5) is 89.4. The van der Waals surface area contributed by atoms with Crippen LogP contribution in [0, 0.1) is 17.2 Å². The van der Waals surface area contributed by atoms with Crippen LogP contribution in [0.2, 0.25) is 0 Å². The Morgan fingerprint density at radius 1 is 0.597 bits per heavy atom. The lowest BCUT2D eigenvalue weighted by atomic mass is 9.77. The summed E-state index contributed by atoms with van der Waals surface area (Å²) in [5.74, 6) is -6.32. The number of methoxy groups -OCH3 is 2. The van der Waals surface area contributed by atoms with E-state index in [9.17, 15) is 33.6 Å². The predicted octanol–water partition coefficient (Wildman–Crippen LogP) is 9.76.